The molecule has 1 aliphatic carbocycles. The van der Waals surface area contributed by atoms with Gasteiger partial charge in [0.2, 0.25) is 10.0 Å². The average molecular weight is 569 g/mol. The first-order chi connectivity index (χ1) is 18.0. The maximum atomic E-state index is 13.0. The minimum absolute atomic E-state index is 0.0493. The zero-order chi connectivity index (χ0) is 29.0. The van der Waals surface area contributed by atoms with E-state index in [9.17, 15) is 18.0 Å². The smallest absolute Gasteiger partial charge is 0.444 e. The molecule has 4 atom stereocenters. The van der Waals surface area contributed by atoms with Crippen molar-refractivity contribution in [3.8, 4) is 5.75 Å². The SMILES string of the molecule is CC(C)(C)OC(=O)Oc1cccc(C2CC[C@@H](OCC3[C@@H](NS(C)(=O)=O)CCCN3C(=O)OC(C)(C)C)C2)c1. The van der Waals surface area contributed by atoms with Crippen LogP contribution in [0.25, 0.3) is 0 Å². The molecule has 220 valence electrons. The van der Waals surface area contributed by atoms with Gasteiger partial charge in [0.05, 0.1) is 25.0 Å². The van der Waals surface area contributed by atoms with Crippen molar-refractivity contribution in [2.75, 3.05) is 19.4 Å². The van der Waals surface area contributed by atoms with Gasteiger partial charge in [0.25, 0.3) is 0 Å². The highest BCUT2D eigenvalue weighted by molar-refractivity contribution is 7.88. The van der Waals surface area contributed by atoms with Gasteiger partial charge in [0.15, 0.2) is 0 Å². The Morgan fingerprint density at radius 2 is 1.72 bits per heavy atom. The van der Waals surface area contributed by atoms with Crippen molar-refractivity contribution in [3.05, 3.63) is 29.8 Å². The van der Waals surface area contributed by atoms with Crippen molar-refractivity contribution in [1.29, 1.82) is 0 Å². The summed E-state index contributed by atoms with van der Waals surface area (Å²) in [5.41, 5.74) is -0.260. The van der Waals surface area contributed by atoms with Crippen LogP contribution in [-0.4, -0.2) is 74.4 Å². The van der Waals surface area contributed by atoms with Gasteiger partial charge in [-0.15, -0.1) is 0 Å². The average Bonchev–Trinajstić information content (AvgIpc) is 3.24. The molecule has 1 aromatic carbocycles. The predicted molar refractivity (Wildman–Crippen MR) is 147 cm³/mol. The molecular formula is C28H44N2O8S. The second-order valence-electron chi connectivity index (χ2n) is 12.5. The number of amides is 1. The second kappa shape index (κ2) is 12.4. The van der Waals surface area contributed by atoms with Crippen molar-refractivity contribution in [2.24, 2.45) is 0 Å². The fraction of sp³-hybridized carbons (Fsp3) is 0.714. The molecule has 3 rings (SSSR count). The lowest BCUT2D eigenvalue weighted by Crippen LogP contribution is -2.59. The first-order valence-electron chi connectivity index (χ1n) is 13.6. The number of nitrogens with one attached hydrogen (secondary N) is 1. The Morgan fingerprint density at radius 3 is 2.36 bits per heavy atom. The van der Waals surface area contributed by atoms with Gasteiger partial charge >= 0.3 is 12.2 Å². The number of hydrogen-bond acceptors (Lipinski definition) is 8. The summed E-state index contributed by atoms with van der Waals surface area (Å²) in [6.45, 7) is 11.4. The third kappa shape index (κ3) is 10.3. The van der Waals surface area contributed by atoms with Crippen LogP contribution in [0.5, 0.6) is 5.75 Å². The van der Waals surface area contributed by atoms with Crippen molar-refractivity contribution in [3.63, 3.8) is 0 Å². The summed E-state index contributed by atoms with van der Waals surface area (Å²) >= 11 is 0. The zero-order valence-electron chi connectivity index (χ0n) is 24.2. The Balaban J connectivity index is 1.64. The highest BCUT2D eigenvalue weighted by Crippen LogP contribution is 2.37. The van der Waals surface area contributed by atoms with Crippen LogP contribution in [0.3, 0.4) is 0 Å². The number of hydrogen-bond donors (Lipinski definition) is 1. The van der Waals surface area contributed by atoms with E-state index < -0.39 is 45.6 Å². The van der Waals surface area contributed by atoms with Crippen molar-refractivity contribution >= 4 is 22.3 Å². The Labute approximate surface area is 232 Å². The fourth-order valence-electron chi connectivity index (χ4n) is 5.05. The summed E-state index contributed by atoms with van der Waals surface area (Å²) in [6.07, 6.45) is 3.62. The van der Waals surface area contributed by atoms with Gasteiger partial charge in [-0.2, -0.15) is 0 Å². The number of carbonyl (C=O) groups is 2. The summed E-state index contributed by atoms with van der Waals surface area (Å²) < 4.78 is 49.3. The van der Waals surface area contributed by atoms with Gasteiger partial charge < -0.3 is 23.8 Å². The molecule has 0 spiro atoms. The Kier molecular flexibility index (Phi) is 9.93. The largest absolute Gasteiger partial charge is 0.514 e. The highest BCUT2D eigenvalue weighted by Gasteiger charge is 2.39. The molecule has 0 radical (unpaired) electrons. The molecule has 11 heteroatoms. The van der Waals surface area contributed by atoms with Gasteiger partial charge in [0.1, 0.15) is 17.0 Å². The third-order valence-electron chi connectivity index (χ3n) is 6.58. The topological polar surface area (TPSA) is 120 Å². The highest BCUT2D eigenvalue weighted by atomic mass is 32.2. The number of sulfonamides is 1. The number of likely N-dealkylation sites (tertiary alicyclic amines) is 1. The molecule has 2 unspecified atom stereocenters. The van der Waals surface area contributed by atoms with Crippen LogP contribution in [0, 0.1) is 0 Å². The standard InChI is InChI=1S/C28H44N2O8S/c1-27(2,3)37-25(31)30-15-9-12-23(29-39(7,33)34)24(30)18-35-21-14-13-20(16-21)19-10-8-11-22(17-19)36-26(32)38-28(4,5)6/h8,10-11,17,20-21,23-24,29H,9,12-16,18H2,1-7H3/t20?,21-,23+,24?/m1/s1. The minimum atomic E-state index is -3.48. The molecule has 0 bridgehead atoms. The van der Waals surface area contributed by atoms with E-state index in [2.05, 4.69) is 4.72 Å². The molecule has 1 aromatic rings. The van der Waals surface area contributed by atoms with Gasteiger partial charge in [-0.05, 0) is 97.3 Å². The molecule has 2 fully saturated rings. The number of piperidine rings is 1. The number of benzene rings is 1. The summed E-state index contributed by atoms with van der Waals surface area (Å²) in [5.74, 6) is 0.645. The van der Waals surface area contributed by atoms with E-state index in [4.69, 9.17) is 18.9 Å². The molecule has 39 heavy (non-hydrogen) atoms. The van der Waals surface area contributed by atoms with Gasteiger partial charge in [-0.25, -0.2) is 22.7 Å². The number of ether oxygens (including phenoxy) is 4. The first kappa shape index (κ1) is 31.2. The molecule has 0 aromatic heterocycles. The van der Waals surface area contributed by atoms with Crippen LogP contribution < -0.4 is 9.46 Å². The lowest BCUT2D eigenvalue weighted by atomic mass is 9.97. The maximum Gasteiger partial charge on any atom is 0.514 e. The molecule has 1 aliphatic heterocycles. The molecular weight excluding hydrogens is 524 g/mol. The van der Waals surface area contributed by atoms with E-state index in [-0.39, 0.29) is 18.6 Å². The summed E-state index contributed by atoms with van der Waals surface area (Å²) in [5, 5.41) is 0. The minimum Gasteiger partial charge on any atom is -0.444 e. The quantitative estimate of drug-likeness (QED) is 0.362. The lowest BCUT2D eigenvalue weighted by molar-refractivity contribution is -0.0292. The van der Waals surface area contributed by atoms with E-state index >= 15 is 0 Å². The van der Waals surface area contributed by atoms with E-state index in [0.717, 1.165) is 31.1 Å². The molecule has 1 amide bonds. The predicted octanol–water partition coefficient (Wildman–Crippen LogP) is 4.97. The van der Waals surface area contributed by atoms with Crippen LogP contribution in [0.1, 0.15) is 85.1 Å². The van der Waals surface area contributed by atoms with Crippen molar-refractivity contribution in [2.45, 2.75) is 109 Å². The normalized spacial score (nSPS) is 24.3. The monoisotopic (exact) mass is 568 g/mol. The molecule has 1 N–H and O–H groups in total. The van der Waals surface area contributed by atoms with Crippen LogP contribution in [-0.2, 0) is 24.2 Å². The van der Waals surface area contributed by atoms with Crippen molar-refractivity contribution < 1.29 is 37.0 Å². The van der Waals surface area contributed by atoms with E-state index in [1.807, 2.05) is 18.2 Å². The maximum absolute atomic E-state index is 13.0. The third-order valence-corrected chi connectivity index (χ3v) is 7.31. The second-order valence-corrected chi connectivity index (χ2v) is 14.3. The first-order valence-corrected chi connectivity index (χ1v) is 15.5. The van der Waals surface area contributed by atoms with Crippen LogP contribution in [0.4, 0.5) is 9.59 Å². The molecule has 10 nitrogen and oxygen atoms in total. The van der Waals surface area contributed by atoms with E-state index in [0.29, 0.717) is 25.1 Å². The van der Waals surface area contributed by atoms with Gasteiger partial charge in [0, 0.05) is 12.6 Å². The Bertz CT molecular complexity index is 1110. The van der Waals surface area contributed by atoms with Gasteiger partial charge in [-0.1, -0.05) is 12.1 Å². The lowest BCUT2D eigenvalue weighted by Gasteiger charge is -2.41. The van der Waals surface area contributed by atoms with Crippen LogP contribution in [0.2, 0.25) is 0 Å². The number of nitrogens with zero attached hydrogens (tertiary/aromatic N) is 1. The summed E-state index contributed by atoms with van der Waals surface area (Å²) in [6, 6.07) is 6.50. The van der Waals surface area contributed by atoms with Crippen molar-refractivity contribution in [1.82, 2.24) is 9.62 Å². The van der Waals surface area contributed by atoms with Gasteiger partial charge in [-0.3, -0.25) is 0 Å². The summed E-state index contributed by atoms with van der Waals surface area (Å²) in [7, 11) is -3.48. The van der Waals surface area contributed by atoms with Crippen LogP contribution >= 0.6 is 0 Å². The number of carbonyl (C=O) groups excluding carboxylic acids is 2. The zero-order valence-corrected chi connectivity index (χ0v) is 25.0. The molecule has 2 aliphatic rings. The summed E-state index contributed by atoms with van der Waals surface area (Å²) in [4.78, 5) is 26.6. The van der Waals surface area contributed by atoms with E-state index in [1.165, 1.54) is 0 Å². The molecule has 1 saturated carbocycles. The van der Waals surface area contributed by atoms with E-state index in [1.54, 1.807) is 52.5 Å². The molecule has 1 heterocycles. The number of rotatable bonds is 7. The fourth-order valence-corrected chi connectivity index (χ4v) is 5.88. The molecule has 1 saturated heterocycles. The Hall–Kier alpha value is -2.37. The van der Waals surface area contributed by atoms with Crippen LogP contribution in [0.15, 0.2) is 24.3 Å². The Morgan fingerprint density at radius 1 is 1.03 bits per heavy atom.